The topological polar surface area (TPSA) is 129 Å². The lowest BCUT2D eigenvalue weighted by molar-refractivity contribution is 0.210. The number of aromatic nitrogens is 3. The Bertz CT molecular complexity index is 1210. The van der Waals surface area contributed by atoms with Crippen LogP contribution in [0, 0.1) is 0 Å². The molecule has 33 heavy (non-hydrogen) atoms. The Labute approximate surface area is 192 Å². The molecule has 0 radical (unpaired) electrons. The second-order valence-electron chi connectivity index (χ2n) is 8.19. The molecule has 2 aromatic heterocycles. The third-order valence-corrected chi connectivity index (χ3v) is 5.99. The van der Waals surface area contributed by atoms with E-state index >= 15 is 0 Å². The first kappa shape index (κ1) is 22.6. The quantitative estimate of drug-likeness (QED) is 0.469. The SMILES string of the molecule is C=C(N)/C(=C\C(=C/N)c1cn(C2CCN(C)CC2)nc1CO)c1nc2cccc(OC)c2o1. The smallest absolute Gasteiger partial charge is 0.229 e. The molecule has 5 N–H and O–H groups in total. The Morgan fingerprint density at radius 1 is 1.36 bits per heavy atom. The molecular weight excluding hydrogens is 420 g/mol. The van der Waals surface area contributed by atoms with E-state index in [9.17, 15) is 5.11 Å². The zero-order valence-electron chi connectivity index (χ0n) is 19.0. The van der Waals surface area contributed by atoms with Crippen molar-refractivity contribution in [1.29, 1.82) is 0 Å². The Kier molecular flexibility index (Phi) is 6.52. The molecule has 0 spiro atoms. The van der Waals surface area contributed by atoms with Crippen molar-refractivity contribution in [3.63, 3.8) is 0 Å². The van der Waals surface area contributed by atoms with Gasteiger partial charge in [0.1, 0.15) is 5.52 Å². The van der Waals surface area contributed by atoms with Gasteiger partial charge in [-0.05, 0) is 51.2 Å². The van der Waals surface area contributed by atoms with Crippen molar-refractivity contribution in [2.24, 2.45) is 11.5 Å². The number of oxazole rings is 1. The minimum Gasteiger partial charge on any atom is -0.493 e. The Balaban J connectivity index is 1.73. The van der Waals surface area contributed by atoms with Crippen LogP contribution in [0.5, 0.6) is 5.75 Å². The average Bonchev–Trinajstić information content (AvgIpc) is 3.44. The van der Waals surface area contributed by atoms with Gasteiger partial charge in [0, 0.05) is 29.2 Å². The van der Waals surface area contributed by atoms with Gasteiger partial charge in [-0.3, -0.25) is 4.68 Å². The average molecular weight is 451 g/mol. The molecule has 1 aliphatic rings. The number of rotatable bonds is 7. The number of methoxy groups -OCH3 is 1. The number of benzene rings is 1. The van der Waals surface area contributed by atoms with Crippen LogP contribution in [-0.4, -0.2) is 52.0 Å². The molecule has 1 aliphatic heterocycles. The number of aliphatic hydroxyl groups excluding tert-OH is 1. The molecule has 1 fully saturated rings. The van der Waals surface area contributed by atoms with Crippen molar-refractivity contribution in [2.75, 3.05) is 27.2 Å². The van der Waals surface area contributed by atoms with Crippen LogP contribution in [0.1, 0.15) is 36.0 Å². The molecular formula is C24H30N6O3. The summed E-state index contributed by atoms with van der Waals surface area (Å²) in [4.78, 5) is 6.86. The minimum absolute atomic E-state index is 0.209. The third-order valence-electron chi connectivity index (χ3n) is 5.99. The maximum absolute atomic E-state index is 9.97. The number of likely N-dealkylation sites (tertiary alicyclic amines) is 1. The van der Waals surface area contributed by atoms with Crippen molar-refractivity contribution in [3.05, 3.63) is 66.1 Å². The second-order valence-corrected chi connectivity index (χ2v) is 8.19. The molecule has 174 valence electrons. The third kappa shape index (κ3) is 4.50. The molecule has 0 aliphatic carbocycles. The lowest BCUT2D eigenvalue weighted by Gasteiger charge is -2.29. The van der Waals surface area contributed by atoms with Gasteiger partial charge in [-0.2, -0.15) is 5.10 Å². The summed E-state index contributed by atoms with van der Waals surface area (Å²) in [5.41, 5.74) is 15.9. The molecule has 3 aromatic rings. The first-order chi connectivity index (χ1) is 15.9. The van der Waals surface area contributed by atoms with Crippen molar-refractivity contribution in [3.8, 4) is 5.75 Å². The Morgan fingerprint density at radius 2 is 2.12 bits per heavy atom. The summed E-state index contributed by atoms with van der Waals surface area (Å²) >= 11 is 0. The molecule has 1 aromatic carbocycles. The standard InChI is InChI=1S/C24H30N6O3/c1-15(26)18(24-27-20-5-4-6-22(32-3)23(20)33-24)11-16(12-25)19-13-30(28-21(19)14-31)17-7-9-29(2)10-8-17/h4-6,11-13,17,31H,1,7-10,14,25-26H2,2-3H3/b16-12+,18-11+. The summed E-state index contributed by atoms with van der Waals surface area (Å²) < 4.78 is 13.3. The lowest BCUT2D eigenvalue weighted by Crippen LogP contribution is -2.31. The van der Waals surface area contributed by atoms with Gasteiger partial charge in [0.25, 0.3) is 0 Å². The van der Waals surface area contributed by atoms with E-state index < -0.39 is 0 Å². The molecule has 0 atom stereocenters. The molecule has 0 bridgehead atoms. The maximum atomic E-state index is 9.97. The van der Waals surface area contributed by atoms with E-state index in [1.54, 1.807) is 19.3 Å². The minimum atomic E-state index is -0.209. The number of fused-ring (bicyclic) bond motifs is 1. The first-order valence-corrected chi connectivity index (χ1v) is 10.8. The summed E-state index contributed by atoms with van der Waals surface area (Å²) in [6.45, 7) is 5.69. The van der Waals surface area contributed by atoms with E-state index in [2.05, 4.69) is 28.6 Å². The number of allylic oxidation sites excluding steroid dienone is 3. The highest BCUT2D eigenvalue weighted by Crippen LogP contribution is 2.32. The molecule has 4 rings (SSSR count). The summed E-state index contributed by atoms with van der Waals surface area (Å²) in [6.07, 6.45) is 7.14. The molecule has 3 heterocycles. The zero-order valence-corrected chi connectivity index (χ0v) is 19.0. The summed E-state index contributed by atoms with van der Waals surface area (Å²) in [7, 11) is 3.69. The highest BCUT2D eigenvalue weighted by Gasteiger charge is 2.22. The predicted molar refractivity (Wildman–Crippen MR) is 128 cm³/mol. The van der Waals surface area contributed by atoms with Crippen LogP contribution >= 0.6 is 0 Å². The summed E-state index contributed by atoms with van der Waals surface area (Å²) in [5.74, 6) is 0.874. The number of hydrogen-bond acceptors (Lipinski definition) is 8. The van der Waals surface area contributed by atoms with E-state index in [0.717, 1.165) is 31.5 Å². The number of piperidine rings is 1. The Morgan fingerprint density at radius 3 is 2.76 bits per heavy atom. The fraction of sp³-hybridized carbons (Fsp3) is 0.333. The molecule has 0 saturated carbocycles. The van der Waals surface area contributed by atoms with Gasteiger partial charge in [-0.25, -0.2) is 4.98 Å². The van der Waals surface area contributed by atoms with E-state index in [1.807, 2.05) is 23.0 Å². The fourth-order valence-electron chi connectivity index (χ4n) is 4.10. The largest absolute Gasteiger partial charge is 0.493 e. The number of ether oxygens (including phenoxy) is 1. The predicted octanol–water partition coefficient (Wildman–Crippen LogP) is 2.65. The normalized spacial score (nSPS) is 16.5. The fourth-order valence-corrected chi connectivity index (χ4v) is 4.10. The van der Waals surface area contributed by atoms with Gasteiger partial charge < -0.3 is 30.6 Å². The van der Waals surface area contributed by atoms with Crippen LogP contribution in [0.4, 0.5) is 0 Å². The van der Waals surface area contributed by atoms with E-state index in [-0.39, 0.29) is 18.3 Å². The monoisotopic (exact) mass is 450 g/mol. The molecule has 9 heteroatoms. The van der Waals surface area contributed by atoms with Crippen LogP contribution in [0.3, 0.4) is 0 Å². The molecule has 0 amide bonds. The molecule has 0 unspecified atom stereocenters. The number of hydrogen-bond donors (Lipinski definition) is 3. The van der Waals surface area contributed by atoms with Gasteiger partial charge in [0.05, 0.1) is 31.0 Å². The Hall–Kier alpha value is -3.56. The van der Waals surface area contributed by atoms with Crippen molar-refractivity contribution < 1.29 is 14.3 Å². The second kappa shape index (κ2) is 9.51. The summed E-state index contributed by atoms with van der Waals surface area (Å²) in [5, 5.41) is 14.6. The zero-order chi connectivity index (χ0) is 23.5. The number of nitrogens with two attached hydrogens (primary N) is 2. The van der Waals surface area contributed by atoms with Gasteiger partial charge in [0.2, 0.25) is 5.89 Å². The molecule has 1 saturated heterocycles. The van der Waals surface area contributed by atoms with Crippen LogP contribution in [0.15, 0.2) is 53.4 Å². The van der Waals surface area contributed by atoms with E-state index in [0.29, 0.717) is 39.6 Å². The van der Waals surface area contributed by atoms with E-state index in [4.69, 9.17) is 20.6 Å². The van der Waals surface area contributed by atoms with Crippen LogP contribution in [0.2, 0.25) is 0 Å². The van der Waals surface area contributed by atoms with Crippen molar-refractivity contribution in [2.45, 2.75) is 25.5 Å². The number of aliphatic hydroxyl groups is 1. The van der Waals surface area contributed by atoms with Crippen LogP contribution in [0.25, 0.3) is 22.2 Å². The van der Waals surface area contributed by atoms with Gasteiger partial charge in [-0.15, -0.1) is 0 Å². The van der Waals surface area contributed by atoms with E-state index in [1.165, 1.54) is 6.20 Å². The van der Waals surface area contributed by atoms with Crippen molar-refractivity contribution >= 4 is 22.2 Å². The highest BCUT2D eigenvalue weighted by molar-refractivity contribution is 5.90. The van der Waals surface area contributed by atoms with Crippen LogP contribution in [-0.2, 0) is 6.61 Å². The lowest BCUT2D eigenvalue weighted by atomic mass is 10.0. The van der Waals surface area contributed by atoms with Crippen molar-refractivity contribution in [1.82, 2.24) is 19.7 Å². The summed E-state index contributed by atoms with van der Waals surface area (Å²) in [6, 6.07) is 5.74. The maximum Gasteiger partial charge on any atom is 0.229 e. The van der Waals surface area contributed by atoms with Gasteiger partial charge in [-0.1, -0.05) is 12.6 Å². The first-order valence-electron chi connectivity index (χ1n) is 10.8. The van der Waals surface area contributed by atoms with Crippen LogP contribution < -0.4 is 16.2 Å². The van der Waals surface area contributed by atoms with Gasteiger partial charge in [0.15, 0.2) is 11.3 Å². The number of nitrogens with zero attached hydrogens (tertiary/aromatic N) is 4. The highest BCUT2D eigenvalue weighted by atomic mass is 16.5. The van der Waals surface area contributed by atoms with Gasteiger partial charge >= 0.3 is 0 Å². The molecule has 9 nitrogen and oxygen atoms in total. The number of para-hydroxylation sites is 1.